The normalized spacial score (nSPS) is 15.8. The molecule has 0 aromatic heterocycles. The summed E-state index contributed by atoms with van der Waals surface area (Å²) in [6.45, 7) is 4.07. The van der Waals surface area contributed by atoms with Crippen molar-refractivity contribution in [3.05, 3.63) is 0 Å². The van der Waals surface area contributed by atoms with Crippen molar-refractivity contribution in [2.24, 2.45) is 5.92 Å². The fraction of sp³-hybridized carbons (Fsp3) is 0.889. The molecule has 0 saturated heterocycles. The summed E-state index contributed by atoms with van der Waals surface area (Å²) in [7, 11) is 3.36. The van der Waals surface area contributed by atoms with E-state index in [2.05, 4.69) is 5.32 Å². The number of methoxy groups -OCH3 is 1. The Labute approximate surface area is 79.3 Å². The molecule has 0 aliphatic carbocycles. The van der Waals surface area contributed by atoms with Gasteiger partial charge in [0.15, 0.2) is 0 Å². The first kappa shape index (κ1) is 12.4. The third kappa shape index (κ3) is 4.24. The van der Waals surface area contributed by atoms with Gasteiger partial charge >= 0.3 is 5.97 Å². The van der Waals surface area contributed by atoms with Crippen LogP contribution in [-0.2, 0) is 9.53 Å². The first-order chi connectivity index (χ1) is 6.02. The minimum Gasteiger partial charge on any atom is -0.481 e. The van der Waals surface area contributed by atoms with Gasteiger partial charge in [-0.25, -0.2) is 0 Å². The fourth-order valence-electron chi connectivity index (χ4n) is 1.48. The number of aliphatic carboxylic acids is 1. The van der Waals surface area contributed by atoms with Crippen LogP contribution in [0.2, 0.25) is 0 Å². The Morgan fingerprint density at radius 2 is 2.08 bits per heavy atom. The second-order valence-corrected chi connectivity index (χ2v) is 3.43. The number of hydrogen-bond acceptors (Lipinski definition) is 3. The van der Waals surface area contributed by atoms with E-state index in [-0.39, 0.29) is 18.6 Å². The van der Waals surface area contributed by atoms with Crippen LogP contribution in [0, 0.1) is 5.92 Å². The molecule has 0 radical (unpaired) electrons. The zero-order valence-electron chi connectivity index (χ0n) is 8.70. The molecule has 4 heteroatoms. The largest absolute Gasteiger partial charge is 0.481 e. The van der Waals surface area contributed by atoms with Crippen LogP contribution in [0.5, 0.6) is 0 Å². The number of ether oxygens (including phenoxy) is 1. The number of carbonyl (C=O) groups is 1. The minimum atomic E-state index is -0.826. The number of hydrogen-bond donors (Lipinski definition) is 2. The summed E-state index contributed by atoms with van der Waals surface area (Å²) < 4.78 is 5.13. The molecule has 0 unspecified atom stereocenters. The molecule has 0 aliphatic rings. The lowest BCUT2D eigenvalue weighted by atomic mass is 9.96. The standard InChI is InChI=1S/C9H19NO3/c1-6(2)9(10-3)7(13-4)5-8(11)12/h6-7,9-10H,5H2,1-4H3,(H,11,12)/t7-,9+/m1/s1. The van der Waals surface area contributed by atoms with Crippen molar-refractivity contribution in [1.82, 2.24) is 5.32 Å². The smallest absolute Gasteiger partial charge is 0.306 e. The van der Waals surface area contributed by atoms with Gasteiger partial charge in [-0.3, -0.25) is 4.79 Å². The molecule has 0 bridgehead atoms. The maximum Gasteiger partial charge on any atom is 0.306 e. The highest BCUT2D eigenvalue weighted by molar-refractivity contribution is 5.67. The molecule has 0 aliphatic heterocycles. The average molecular weight is 189 g/mol. The Bertz CT molecular complexity index is 159. The number of likely N-dealkylation sites (N-methyl/N-ethyl adjacent to an activating group) is 1. The SMILES string of the molecule is CN[C@@H](C(C)C)[C@@H](CC(=O)O)OC. The predicted octanol–water partition coefficient (Wildman–Crippen LogP) is 0.720. The van der Waals surface area contributed by atoms with E-state index in [9.17, 15) is 4.79 Å². The monoisotopic (exact) mass is 189 g/mol. The first-order valence-electron chi connectivity index (χ1n) is 4.44. The lowest BCUT2D eigenvalue weighted by Gasteiger charge is -2.27. The van der Waals surface area contributed by atoms with Crippen molar-refractivity contribution >= 4 is 5.97 Å². The molecule has 0 heterocycles. The van der Waals surface area contributed by atoms with Gasteiger partial charge < -0.3 is 15.2 Å². The van der Waals surface area contributed by atoms with Gasteiger partial charge in [0.1, 0.15) is 0 Å². The summed E-state index contributed by atoms with van der Waals surface area (Å²) in [6, 6.07) is 0.0844. The summed E-state index contributed by atoms with van der Waals surface area (Å²) in [5.41, 5.74) is 0. The van der Waals surface area contributed by atoms with E-state index >= 15 is 0 Å². The van der Waals surface area contributed by atoms with Gasteiger partial charge in [0, 0.05) is 13.2 Å². The van der Waals surface area contributed by atoms with Crippen LogP contribution >= 0.6 is 0 Å². The number of rotatable bonds is 6. The summed E-state index contributed by atoms with van der Waals surface area (Å²) in [4.78, 5) is 10.5. The van der Waals surface area contributed by atoms with E-state index in [1.165, 1.54) is 0 Å². The highest BCUT2D eigenvalue weighted by atomic mass is 16.5. The summed E-state index contributed by atoms with van der Waals surface area (Å²) >= 11 is 0. The molecule has 0 spiro atoms. The zero-order chi connectivity index (χ0) is 10.4. The van der Waals surface area contributed by atoms with Gasteiger partial charge in [-0.15, -0.1) is 0 Å². The van der Waals surface area contributed by atoms with E-state index in [0.717, 1.165) is 0 Å². The lowest BCUT2D eigenvalue weighted by Crippen LogP contribution is -2.43. The first-order valence-corrected chi connectivity index (χ1v) is 4.44. The second kappa shape index (κ2) is 5.94. The quantitative estimate of drug-likeness (QED) is 0.646. The molecule has 0 aromatic carbocycles. The fourth-order valence-corrected chi connectivity index (χ4v) is 1.48. The highest BCUT2D eigenvalue weighted by Crippen LogP contribution is 2.12. The van der Waals surface area contributed by atoms with E-state index in [1.807, 2.05) is 20.9 Å². The van der Waals surface area contributed by atoms with Crippen LogP contribution in [0.3, 0.4) is 0 Å². The summed E-state index contributed by atoms with van der Waals surface area (Å²) in [5.74, 6) is -0.470. The topological polar surface area (TPSA) is 58.6 Å². The molecule has 78 valence electrons. The maximum atomic E-state index is 10.5. The Kier molecular flexibility index (Phi) is 5.66. The molecule has 4 nitrogen and oxygen atoms in total. The molecule has 13 heavy (non-hydrogen) atoms. The minimum absolute atomic E-state index is 0.0419. The van der Waals surface area contributed by atoms with Gasteiger partial charge in [0.05, 0.1) is 12.5 Å². The average Bonchev–Trinajstić information content (AvgIpc) is 2.02. The van der Waals surface area contributed by atoms with E-state index < -0.39 is 5.97 Å². The van der Waals surface area contributed by atoms with Gasteiger partial charge in [0.25, 0.3) is 0 Å². The Morgan fingerprint density at radius 1 is 1.54 bits per heavy atom. The van der Waals surface area contributed by atoms with E-state index in [0.29, 0.717) is 5.92 Å². The van der Waals surface area contributed by atoms with Crippen molar-refractivity contribution in [2.75, 3.05) is 14.2 Å². The Hall–Kier alpha value is -0.610. The van der Waals surface area contributed by atoms with Crippen LogP contribution in [0.15, 0.2) is 0 Å². The molecule has 0 rings (SSSR count). The zero-order valence-corrected chi connectivity index (χ0v) is 8.70. The lowest BCUT2D eigenvalue weighted by molar-refractivity contribution is -0.140. The van der Waals surface area contributed by atoms with Crippen LogP contribution in [-0.4, -0.2) is 37.4 Å². The summed E-state index contributed by atoms with van der Waals surface area (Å²) in [5, 5.41) is 11.7. The summed E-state index contributed by atoms with van der Waals surface area (Å²) in [6.07, 6.45) is -0.220. The van der Waals surface area contributed by atoms with Crippen LogP contribution in [0.25, 0.3) is 0 Å². The third-order valence-electron chi connectivity index (χ3n) is 2.13. The predicted molar refractivity (Wildman–Crippen MR) is 50.7 cm³/mol. The third-order valence-corrected chi connectivity index (χ3v) is 2.13. The van der Waals surface area contributed by atoms with Crippen molar-refractivity contribution in [1.29, 1.82) is 0 Å². The van der Waals surface area contributed by atoms with E-state index in [1.54, 1.807) is 7.11 Å². The molecular weight excluding hydrogens is 170 g/mol. The van der Waals surface area contributed by atoms with Gasteiger partial charge in [-0.1, -0.05) is 13.8 Å². The van der Waals surface area contributed by atoms with Crippen molar-refractivity contribution in [3.63, 3.8) is 0 Å². The molecule has 2 N–H and O–H groups in total. The molecule has 0 aromatic rings. The number of carboxylic acid groups (broad SMARTS) is 1. The Morgan fingerprint density at radius 3 is 2.31 bits per heavy atom. The van der Waals surface area contributed by atoms with Crippen LogP contribution < -0.4 is 5.32 Å². The number of nitrogens with one attached hydrogen (secondary N) is 1. The van der Waals surface area contributed by atoms with Gasteiger partial charge in [0.2, 0.25) is 0 Å². The molecule has 2 atom stereocenters. The van der Waals surface area contributed by atoms with Gasteiger partial charge in [-0.05, 0) is 13.0 Å². The Balaban J connectivity index is 4.25. The molecule has 0 saturated carbocycles. The second-order valence-electron chi connectivity index (χ2n) is 3.43. The van der Waals surface area contributed by atoms with Crippen LogP contribution in [0.4, 0.5) is 0 Å². The molecule has 0 amide bonds. The highest BCUT2D eigenvalue weighted by Gasteiger charge is 2.24. The van der Waals surface area contributed by atoms with Crippen molar-refractivity contribution < 1.29 is 14.6 Å². The number of carboxylic acids is 1. The van der Waals surface area contributed by atoms with E-state index in [4.69, 9.17) is 9.84 Å². The molecule has 0 fully saturated rings. The van der Waals surface area contributed by atoms with Gasteiger partial charge in [-0.2, -0.15) is 0 Å². The van der Waals surface area contributed by atoms with Crippen LogP contribution in [0.1, 0.15) is 20.3 Å². The van der Waals surface area contributed by atoms with Crippen molar-refractivity contribution in [2.45, 2.75) is 32.4 Å². The van der Waals surface area contributed by atoms with Crippen molar-refractivity contribution in [3.8, 4) is 0 Å². The maximum absolute atomic E-state index is 10.5. The molecular formula is C9H19NO3.